The summed E-state index contributed by atoms with van der Waals surface area (Å²) in [6.45, 7) is 6.68. The molecule has 1 aliphatic rings. The summed E-state index contributed by atoms with van der Waals surface area (Å²) >= 11 is 0. The lowest BCUT2D eigenvalue weighted by molar-refractivity contribution is -0.129. The van der Waals surface area contributed by atoms with Crippen LogP contribution in [0, 0.1) is 5.92 Å². The minimum absolute atomic E-state index is 0.00181. The lowest BCUT2D eigenvalue weighted by Gasteiger charge is -2.26. The highest BCUT2D eigenvalue weighted by molar-refractivity contribution is 5.86. The Bertz CT molecular complexity index is 271. The number of piperidine rings is 1. The molecule has 2 unspecified atom stereocenters. The van der Waals surface area contributed by atoms with Crippen molar-refractivity contribution in [2.24, 2.45) is 5.92 Å². The van der Waals surface area contributed by atoms with Crippen LogP contribution in [-0.4, -0.2) is 37.0 Å². The first-order chi connectivity index (χ1) is 7.99. The molecule has 1 rings (SSSR count). The quantitative estimate of drug-likeness (QED) is 0.649. The van der Waals surface area contributed by atoms with E-state index in [0.717, 1.165) is 12.8 Å². The van der Waals surface area contributed by atoms with E-state index in [-0.39, 0.29) is 30.3 Å². The molecule has 5 nitrogen and oxygen atoms in total. The van der Waals surface area contributed by atoms with Crippen LogP contribution in [0.15, 0.2) is 0 Å². The number of hydrogen-bond donors (Lipinski definition) is 3. The summed E-state index contributed by atoms with van der Waals surface area (Å²) in [6.07, 6.45) is 1.90. The van der Waals surface area contributed by atoms with E-state index in [4.69, 9.17) is 0 Å². The Hall–Kier alpha value is -1.10. The van der Waals surface area contributed by atoms with Crippen molar-refractivity contribution < 1.29 is 9.59 Å². The molecule has 0 aromatic carbocycles. The molecule has 0 aromatic heterocycles. The third-order valence-corrected chi connectivity index (χ3v) is 2.90. The van der Waals surface area contributed by atoms with E-state index in [9.17, 15) is 9.59 Å². The van der Waals surface area contributed by atoms with Crippen molar-refractivity contribution in [2.75, 3.05) is 13.1 Å². The molecule has 1 saturated heterocycles. The highest BCUT2D eigenvalue weighted by Gasteiger charge is 2.23. The lowest BCUT2D eigenvalue weighted by atomic mass is 9.95. The number of hydrogen-bond acceptors (Lipinski definition) is 3. The topological polar surface area (TPSA) is 70.2 Å². The summed E-state index contributed by atoms with van der Waals surface area (Å²) in [5.41, 5.74) is 0. The van der Waals surface area contributed by atoms with Crippen LogP contribution in [0.5, 0.6) is 0 Å². The Morgan fingerprint density at radius 2 is 2.06 bits per heavy atom. The highest BCUT2D eigenvalue weighted by atomic mass is 16.2. The van der Waals surface area contributed by atoms with Gasteiger partial charge >= 0.3 is 0 Å². The number of rotatable bonds is 4. The molecular weight excluding hydrogens is 218 g/mol. The van der Waals surface area contributed by atoms with Gasteiger partial charge in [-0.1, -0.05) is 0 Å². The zero-order valence-corrected chi connectivity index (χ0v) is 10.9. The van der Waals surface area contributed by atoms with Crippen molar-refractivity contribution in [3.8, 4) is 0 Å². The van der Waals surface area contributed by atoms with E-state index < -0.39 is 0 Å². The zero-order chi connectivity index (χ0) is 12.8. The molecule has 2 amide bonds. The minimum Gasteiger partial charge on any atom is -0.352 e. The average molecular weight is 241 g/mol. The van der Waals surface area contributed by atoms with Gasteiger partial charge in [-0.25, -0.2) is 0 Å². The molecule has 0 saturated carbocycles. The van der Waals surface area contributed by atoms with Crippen molar-refractivity contribution in [1.29, 1.82) is 0 Å². The van der Waals surface area contributed by atoms with E-state index >= 15 is 0 Å². The summed E-state index contributed by atoms with van der Waals surface area (Å²) in [7, 11) is 0. The van der Waals surface area contributed by atoms with Crippen LogP contribution in [0.1, 0.15) is 33.6 Å². The molecule has 0 bridgehead atoms. The third kappa shape index (κ3) is 5.17. The first-order valence-corrected chi connectivity index (χ1v) is 6.29. The van der Waals surface area contributed by atoms with Crippen LogP contribution < -0.4 is 16.0 Å². The molecular formula is C12H23N3O2. The van der Waals surface area contributed by atoms with Gasteiger partial charge in [-0.05, 0) is 33.6 Å². The van der Waals surface area contributed by atoms with Gasteiger partial charge in [-0.2, -0.15) is 0 Å². The summed E-state index contributed by atoms with van der Waals surface area (Å²) < 4.78 is 0. The summed E-state index contributed by atoms with van der Waals surface area (Å²) in [5.74, 6) is -0.160. The van der Waals surface area contributed by atoms with Gasteiger partial charge in [0.1, 0.15) is 0 Å². The van der Waals surface area contributed by atoms with Gasteiger partial charge in [0.05, 0.1) is 12.5 Å². The largest absolute Gasteiger partial charge is 0.352 e. The lowest BCUT2D eigenvalue weighted by Crippen LogP contribution is -2.46. The number of amides is 2. The van der Waals surface area contributed by atoms with Crippen LogP contribution in [-0.2, 0) is 9.59 Å². The summed E-state index contributed by atoms with van der Waals surface area (Å²) in [5, 5.41) is 8.69. The normalized spacial score (nSPS) is 24.5. The average Bonchev–Trinajstić information content (AvgIpc) is 2.26. The molecule has 1 fully saturated rings. The Kier molecular flexibility index (Phi) is 5.41. The number of nitrogens with one attached hydrogen (secondary N) is 3. The smallest absolute Gasteiger partial charge is 0.239 e. The fraction of sp³-hybridized carbons (Fsp3) is 0.833. The first-order valence-electron chi connectivity index (χ1n) is 6.29. The highest BCUT2D eigenvalue weighted by Crippen LogP contribution is 2.13. The second-order valence-electron chi connectivity index (χ2n) is 5.02. The minimum atomic E-state index is -0.134. The fourth-order valence-electron chi connectivity index (χ4n) is 1.91. The fourth-order valence-corrected chi connectivity index (χ4v) is 1.91. The molecule has 0 aliphatic carbocycles. The molecule has 1 heterocycles. The van der Waals surface area contributed by atoms with Gasteiger partial charge < -0.3 is 16.0 Å². The van der Waals surface area contributed by atoms with E-state index in [2.05, 4.69) is 22.9 Å². The molecule has 0 aromatic rings. The number of carbonyl (C=O) groups excluding carboxylic acids is 2. The van der Waals surface area contributed by atoms with Crippen molar-refractivity contribution in [3.05, 3.63) is 0 Å². The van der Waals surface area contributed by atoms with E-state index in [0.29, 0.717) is 12.6 Å². The maximum Gasteiger partial charge on any atom is 0.239 e. The van der Waals surface area contributed by atoms with Gasteiger partial charge in [0.25, 0.3) is 0 Å². The van der Waals surface area contributed by atoms with Gasteiger partial charge in [0.15, 0.2) is 0 Å². The van der Waals surface area contributed by atoms with E-state index in [1.54, 1.807) is 0 Å². The van der Waals surface area contributed by atoms with Gasteiger partial charge in [0.2, 0.25) is 11.8 Å². The van der Waals surface area contributed by atoms with Gasteiger partial charge in [0, 0.05) is 18.6 Å². The SMILES string of the molecule is CC(C)NC(=O)CNC(=O)C1CCC(C)NC1. The Balaban J connectivity index is 2.23. The van der Waals surface area contributed by atoms with E-state index in [1.165, 1.54) is 0 Å². The second kappa shape index (κ2) is 6.59. The predicted octanol–water partition coefficient (Wildman–Crippen LogP) is 0.0153. The van der Waals surface area contributed by atoms with Crippen molar-refractivity contribution in [2.45, 2.75) is 45.7 Å². The monoisotopic (exact) mass is 241 g/mol. The van der Waals surface area contributed by atoms with Crippen molar-refractivity contribution >= 4 is 11.8 Å². The number of carbonyl (C=O) groups is 2. The van der Waals surface area contributed by atoms with Crippen LogP contribution in [0.25, 0.3) is 0 Å². The molecule has 3 N–H and O–H groups in total. The standard InChI is InChI=1S/C12H23N3O2/c1-8(2)15-11(16)7-14-12(17)10-5-4-9(3)13-6-10/h8-10,13H,4-7H2,1-3H3,(H,14,17)(H,15,16). The second-order valence-corrected chi connectivity index (χ2v) is 5.02. The molecule has 0 spiro atoms. The molecule has 0 radical (unpaired) electrons. The maximum atomic E-state index is 11.8. The maximum absolute atomic E-state index is 11.8. The summed E-state index contributed by atoms with van der Waals surface area (Å²) in [4.78, 5) is 23.1. The Morgan fingerprint density at radius 3 is 2.59 bits per heavy atom. The zero-order valence-electron chi connectivity index (χ0n) is 10.9. The van der Waals surface area contributed by atoms with Gasteiger partial charge in [-0.3, -0.25) is 9.59 Å². The van der Waals surface area contributed by atoms with Gasteiger partial charge in [-0.15, -0.1) is 0 Å². The third-order valence-electron chi connectivity index (χ3n) is 2.90. The van der Waals surface area contributed by atoms with Crippen molar-refractivity contribution in [3.63, 3.8) is 0 Å². The van der Waals surface area contributed by atoms with Crippen LogP contribution in [0.3, 0.4) is 0 Å². The molecule has 2 atom stereocenters. The molecule has 17 heavy (non-hydrogen) atoms. The molecule has 5 heteroatoms. The Morgan fingerprint density at radius 1 is 1.35 bits per heavy atom. The molecule has 1 aliphatic heterocycles. The van der Waals surface area contributed by atoms with Crippen molar-refractivity contribution in [1.82, 2.24) is 16.0 Å². The molecule has 98 valence electrons. The first kappa shape index (κ1) is 14.0. The van der Waals surface area contributed by atoms with Crippen LogP contribution in [0.4, 0.5) is 0 Å². The van der Waals surface area contributed by atoms with Crippen LogP contribution >= 0.6 is 0 Å². The van der Waals surface area contributed by atoms with Crippen LogP contribution in [0.2, 0.25) is 0 Å². The summed E-state index contributed by atoms with van der Waals surface area (Å²) in [6, 6.07) is 0.597. The predicted molar refractivity (Wildman–Crippen MR) is 66.5 cm³/mol. The Labute approximate surface area is 103 Å². The van der Waals surface area contributed by atoms with E-state index in [1.807, 2.05) is 13.8 Å².